The van der Waals surface area contributed by atoms with Gasteiger partial charge in [0.1, 0.15) is 5.60 Å². The highest BCUT2D eigenvalue weighted by Crippen LogP contribution is 2.19. The van der Waals surface area contributed by atoms with Crippen molar-refractivity contribution in [1.29, 1.82) is 0 Å². The normalized spacial score (nSPS) is 21.0. The Morgan fingerprint density at radius 1 is 1.44 bits per heavy atom. The lowest BCUT2D eigenvalue weighted by molar-refractivity contribution is 0.0170. The lowest BCUT2D eigenvalue weighted by Gasteiger charge is -2.34. The first kappa shape index (κ1) is 13.1. The summed E-state index contributed by atoms with van der Waals surface area (Å²) in [6, 6.07) is 0.310. The highest BCUT2D eigenvalue weighted by molar-refractivity contribution is 5.69. The molecule has 0 spiro atoms. The lowest BCUT2D eigenvalue weighted by atomic mass is 10.0. The molecule has 1 rings (SSSR count). The van der Waals surface area contributed by atoms with Crippen molar-refractivity contribution in [3.8, 4) is 0 Å². The summed E-state index contributed by atoms with van der Waals surface area (Å²) in [5.74, 6) is 0. The van der Waals surface area contributed by atoms with Gasteiger partial charge in [0.25, 0.3) is 0 Å². The van der Waals surface area contributed by atoms with Crippen LogP contribution in [0.15, 0.2) is 12.2 Å². The van der Waals surface area contributed by atoms with E-state index in [0.29, 0.717) is 12.6 Å². The first-order chi connectivity index (χ1) is 7.44. The van der Waals surface area contributed by atoms with Crippen LogP contribution in [0.1, 0.15) is 47.0 Å². The summed E-state index contributed by atoms with van der Waals surface area (Å²) in [6.07, 6.45) is 7.10. The zero-order valence-electron chi connectivity index (χ0n) is 10.8. The third-order valence-corrected chi connectivity index (χ3v) is 2.57. The summed E-state index contributed by atoms with van der Waals surface area (Å²) in [5.41, 5.74) is -0.408. The molecule has 0 radical (unpaired) electrons. The van der Waals surface area contributed by atoms with Crippen LogP contribution < -0.4 is 0 Å². The Labute approximate surface area is 98.5 Å². The second-order valence-electron chi connectivity index (χ2n) is 5.28. The van der Waals surface area contributed by atoms with Crippen molar-refractivity contribution in [1.82, 2.24) is 4.90 Å². The summed E-state index contributed by atoms with van der Waals surface area (Å²) in [4.78, 5) is 13.8. The molecular weight excluding hydrogens is 202 g/mol. The van der Waals surface area contributed by atoms with Gasteiger partial charge in [-0.25, -0.2) is 4.79 Å². The Hall–Kier alpha value is -0.990. The Bertz CT molecular complexity index is 266. The second-order valence-corrected chi connectivity index (χ2v) is 5.28. The maximum absolute atomic E-state index is 12.0. The van der Waals surface area contributed by atoms with E-state index in [2.05, 4.69) is 13.0 Å². The minimum atomic E-state index is -0.408. The molecule has 0 saturated heterocycles. The van der Waals surface area contributed by atoms with Crippen LogP contribution in [-0.4, -0.2) is 29.2 Å². The van der Waals surface area contributed by atoms with E-state index in [1.165, 1.54) is 0 Å². The van der Waals surface area contributed by atoms with E-state index in [9.17, 15) is 4.79 Å². The Morgan fingerprint density at radius 2 is 2.12 bits per heavy atom. The molecule has 0 aromatic heterocycles. The molecule has 1 atom stereocenters. The van der Waals surface area contributed by atoms with Gasteiger partial charge in [-0.1, -0.05) is 25.5 Å². The number of nitrogens with zero attached hydrogens (tertiary/aromatic N) is 1. The standard InChI is InChI=1S/C13H23NO2/c1-5-8-11-9-6-7-10-14(11)12(15)16-13(2,3)4/h6-7,11H,5,8-10H2,1-4H3/t11-/m0/s1. The van der Waals surface area contributed by atoms with Crippen LogP contribution in [0.5, 0.6) is 0 Å². The molecule has 16 heavy (non-hydrogen) atoms. The Balaban J connectivity index is 2.61. The number of hydrogen-bond acceptors (Lipinski definition) is 2. The average molecular weight is 225 g/mol. The summed E-state index contributed by atoms with van der Waals surface area (Å²) >= 11 is 0. The molecule has 1 aliphatic rings. The molecule has 0 saturated carbocycles. The number of ether oxygens (including phenoxy) is 1. The van der Waals surface area contributed by atoms with E-state index in [1.807, 2.05) is 31.7 Å². The SMILES string of the molecule is CCC[C@H]1CC=CCN1C(=O)OC(C)(C)C. The van der Waals surface area contributed by atoms with Crippen molar-refractivity contribution >= 4 is 6.09 Å². The fourth-order valence-electron chi connectivity index (χ4n) is 1.87. The predicted octanol–water partition coefficient (Wildman–Crippen LogP) is 3.35. The van der Waals surface area contributed by atoms with Crippen LogP contribution in [0.25, 0.3) is 0 Å². The number of rotatable bonds is 2. The van der Waals surface area contributed by atoms with E-state index in [-0.39, 0.29) is 6.09 Å². The van der Waals surface area contributed by atoms with E-state index in [1.54, 1.807) is 0 Å². The quantitative estimate of drug-likeness (QED) is 0.674. The van der Waals surface area contributed by atoms with Crippen LogP contribution in [0, 0.1) is 0 Å². The maximum Gasteiger partial charge on any atom is 0.410 e. The van der Waals surface area contributed by atoms with E-state index < -0.39 is 5.60 Å². The van der Waals surface area contributed by atoms with Crippen molar-refractivity contribution < 1.29 is 9.53 Å². The van der Waals surface area contributed by atoms with E-state index in [4.69, 9.17) is 4.74 Å². The molecule has 0 aromatic rings. The molecule has 1 heterocycles. The molecule has 92 valence electrons. The largest absolute Gasteiger partial charge is 0.444 e. The van der Waals surface area contributed by atoms with Gasteiger partial charge in [0, 0.05) is 12.6 Å². The van der Waals surface area contributed by atoms with E-state index in [0.717, 1.165) is 19.3 Å². The molecule has 3 heteroatoms. The van der Waals surface area contributed by atoms with Crippen molar-refractivity contribution in [3.05, 3.63) is 12.2 Å². The zero-order chi connectivity index (χ0) is 12.2. The molecule has 0 N–H and O–H groups in total. The fraction of sp³-hybridized carbons (Fsp3) is 0.769. The molecule has 0 fully saturated rings. The first-order valence-corrected chi connectivity index (χ1v) is 6.08. The predicted molar refractivity (Wildman–Crippen MR) is 65.4 cm³/mol. The topological polar surface area (TPSA) is 29.5 Å². The van der Waals surface area contributed by atoms with Crippen LogP contribution in [0.3, 0.4) is 0 Å². The fourth-order valence-corrected chi connectivity index (χ4v) is 1.87. The summed E-state index contributed by atoms with van der Waals surface area (Å²) < 4.78 is 5.41. The molecular formula is C13H23NO2. The van der Waals surface area contributed by atoms with E-state index >= 15 is 0 Å². The van der Waals surface area contributed by atoms with Crippen LogP contribution in [0.2, 0.25) is 0 Å². The number of carbonyl (C=O) groups is 1. The average Bonchev–Trinajstić information content (AvgIpc) is 2.16. The zero-order valence-corrected chi connectivity index (χ0v) is 10.8. The Kier molecular flexibility index (Phi) is 4.39. The smallest absolute Gasteiger partial charge is 0.410 e. The summed E-state index contributed by atoms with van der Waals surface area (Å²) in [6.45, 7) is 8.53. The molecule has 0 aromatic carbocycles. The van der Waals surface area contributed by atoms with Crippen molar-refractivity contribution in [2.45, 2.75) is 58.6 Å². The van der Waals surface area contributed by atoms with Crippen molar-refractivity contribution in [2.75, 3.05) is 6.54 Å². The maximum atomic E-state index is 12.0. The van der Waals surface area contributed by atoms with Crippen molar-refractivity contribution in [2.24, 2.45) is 0 Å². The highest BCUT2D eigenvalue weighted by Gasteiger charge is 2.27. The molecule has 0 bridgehead atoms. The Morgan fingerprint density at radius 3 is 2.69 bits per heavy atom. The van der Waals surface area contributed by atoms with Crippen LogP contribution >= 0.6 is 0 Å². The minimum Gasteiger partial charge on any atom is -0.444 e. The third-order valence-electron chi connectivity index (χ3n) is 2.57. The summed E-state index contributed by atoms with van der Waals surface area (Å²) in [5, 5.41) is 0. The van der Waals surface area contributed by atoms with Gasteiger partial charge in [0.05, 0.1) is 0 Å². The van der Waals surface area contributed by atoms with Gasteiger partial charge in [-0.05, 0) is 33.6 Å². The van der Waals surface area contributed by atoms with Gasteiger partial charge in [-0.2, -0.15) is 0 Å². The van der Waals surface area contributed by atoms with Crippen LogP contribution in [0.4, 0.5) is 4.79 Å². The molecule has 3 nitrogen and oxygen atoms in total. The molecule has 1 aliphatic heterocycles. The number of carbonyl (C=O) groups excluding carboxylic acids is 1. The van der Waals surface area contributed by atoms with Gasteiger partial charge in [-0.3, -0.25) is 0 Å². The second kappa shape index (κ2) is 5.37. The monoisotopic (exact) mass is 225 g/mol. The minimum absolute atomic E-state index is 0.185. The van der Waals surface area contributed by atoms with Crippen molar-refractivity contribution in [3.63, 3.8) is 0 Å². The highest BCUT2D eigenvalue weighted by atomic mass is 16.6. The van der Waals surface area contributed by atoms with Crippen LogP contribution in [-0.2, 0) is 4.74 Å². The molecule has 0 aliphatic carbocycles. The van der Waals surface area contributed by atoms with Gasteiger partial charge >= 0.3 is 6.09 Å². The van der Waals surface area contributed by atoms with Gasteiger partial charge in [-0.15, -0.1) is 0 Å². The third kappa shape index (κ3) is 3.87. The molecule has 0 unspecified atom stereocenters. The van der Waals surface area contributed by atoms with Gasteiger partial charge in [0.15, 0.2) is 0 Å². The first-order valence-electron chi connectivity index (χ1n) is 6.08. The number of amides is 1. The van der Waals surface area contributed by atoms with Gasteiger partial charge < -0.3 is 9.64 Å². The van der Waals surface area contributed by atoms with Gasteiger partial charge in [0.2, 0.25) is 0 Å². The molecule has 1 amide bonds. The number of hydrogen-bond donors (Lipinski definition) is 0. The lowest BCUT2D eigenvalue weighted by Crippen LogP contribution is -2.44. The summed E-state index contributed by atoms with van der Waals surface area (Å²) in [7, 11) is 0.